The minimum Gasteiger partial charge on any atom is -0.369 e. The molecule has 6 heteroatoms. The number of piperidine rings is 1. The van der Waals surface area contributed by atoms with Crippen LogP contribution in [0.2, 0.25) is 0 Å². The van der Waals surface area contributed by atoms with E-state index < -0.39 is 6.23 Å². The molecule has 1 atom stereocenters. The van der Waals surface area contributed by atoms with E-state index in [0.29, 0.717) is 23.6 Å². The van der Waals surface area contributed by atoms with Crippen molar-refractivity contribution in [2.75, 3.05) is 26.2 Å². The molecule has 6 nitrogen and oxygen atoms in total. The van der Waals surface area contributed by atoms with Gasteiger partial charge in [0, 0.05) is 35.5 Å². The Hall–Kier alpha value is -2.70. The summed E-state index contributed by atoms with van der Waals surface area (Å²) in [7, 11) is 0. The van der Waals surface area contributed by atoms with Crippen molar-refractivity contribution in [3.8, 4) is 0 Å². The molecule has 1 fully saturated rings. The lowest BCUT2D eigenvalue weighted by Gasteiger charge is -2.32. The number of amides is 1. The zero-order chi connectivity index (χ0) is 19.1. The summed E-state index contributed by atoms with van der Waals surface area (Å²) in [5.41, 5.74) is 3.24. The summed E-state index contributed by atoms with van der Waals surface area (Å²) < 4.78 is 5.46. The molecule has 2 aliphatic rings. The van der Waals surface area contributed by atoms with Crippen LogP contribution in [0.25, 0.3) is 11.0 Å². The first-order chi connectivity index (χ1) is 13.7. The van der Waals surface area contributed by atoms with Gasteiger partial charge in [0.15, 0.2) is 11.8 Å². The minimum absolute atomic E-state index is 0.0768. The van der Waals surface area contributed by atoms with Gasteiger partial charge in [-0.25, -0.2) is 0 Å². The van der Waals surface area contributed by atoms with Crippen LogP contribution in [0, 0.1) is 0 Å². The maximum absolute atomic E-state index is 12.5. The second kappa shape index (κ2) is 7.04. The van der Waals surface area contributed by atoms with Gasteiger partial charge in [0.05, 0.1) is 5.69 Å². The number of aliphatic hydroxyl groups excluding tert-OH is 1. The normalized spacial score (nSPS) is 20.8. The smallest absolute Gasteiger partial charge is 0.256 e. The quantitative estimate of drug-likeness (QED) is 0.756. The topological polar surface area (TPSA) is 69.8 Å². The Morgan fingerprint density at radius 1 is 1.04 bits per heavy atom. The predicted molar refractivity (Wildman–Crippen MR) is 105 cm³/mol. The van der Waals surface area contributed by atoms with Crippen molar-refractivity contribution in [3.63, 3.8) is 0 Å². The molecule has 0 saturated carbocycles. The molecule has 0 radical (unpaired) electrons. The van der Waals surface area contributed by atoms with E-state index in [0.717, 1.165) is 49.1 Å². The van der Waals surface area contributed by atoms with Crippen LogP contribution in [0.5, 0.6) is 0 Å². The molecule has 3 aromatic rings. The van der Waals surface area contributed by atoms with E-state index in [2.05, 4.69) is 16.1 Å². The lowest BCUT2D eigenvalue weighted by Crippen LogP contribution is -2.40. The van der Waals surface area contributed by atoms with Gasteiger partial charge in [-0.15, -0.1) is 0 Å². The summed E-state index contributed by atoms with van der Waals surface area (Å²) in [5.74, 6) is 0.329. The fourth-order valence-electron chi connectivity index (χ4n) is 4.45. The van der Waals surface area contributed by atoms with E-state index in [4.69, 9.17) is 4.52 Å². The maximum atomic E-state index is 12.5. The number of rotatable bonds is 4. The van der Waals surface area contributed by atoms with Crippen molar-refractivity contribution >= 4 is 16.9 Å². The molecule has 1 N–H and O–H groups in total. The van der Waals surface area contributed by atoms with E-state index in [1.165, 1.54) is 0 Å². The first-order valence-corrected chi connectivity index (χ1v) is 9.87. The Balaban J connectivity index is 1.19. The van der Waals surface area contributed by atoms with E-state index in [1.807, 2.05) is 36.4 Å². The molecule has 2 aromatic carbocycles. The summed E-state index contributed by atoms with van der Waals surface area (Å²) in [6, 6.07) is 15.3. The molecule has 3 heterocycles. The van der Waals surface area contributed by atoms with Crippen molar-refractivity contribution in [3.05, 3.63) is 65.4 Å². The van der Waals surface area contributed by atoms with Crippen LogP contribution >= 0.6 is 0 Å². The molecule has 28 heavy (non-hydrogen) atoms. The molecule has 1 unspecified atom stereocenters. The number of carbonyl (C=O) groups is 1. The summed E-state index contributed by atoms with van der Waals surface area (Å²) in [5, 5.41) is 15.9. The molecular weight excluding hydrogens is 354 g/mol. The van der Waals surface area contributed by atoms with Crippen LogP contribution in [0.4, 0.5) is 0 Å². The molecular formula is C22H23N3O3. The van der Waals surface area contributed by atoms with Crippen LogP contribution in [-0.2, 0) is 0 Å². The summed E-state index contributed by atoms with van der Waals surface area (Å²) >= 11 is 0. The zero-order valence-electron chi connectivity index (χ0n) is 15.6. The molecule has 0 spiro atoms. The van der Waals surface area contributed by atoms with Crippen LogP contribution in [0.1, 0.15) is 46.6 Å². The number of fused-ring (bicyclic) bond motifs is 2. The second-order valence-electron chi connectivity index (χ2n) is 7.64. The van der Waals surface area contributed by atoms with Crippen molar-refractivity contribution in [1.29, 1.82) is 0 Å². The van der Waals surface area contributed by atoms with Gasteiger partial charge in [-0.3, -0.25) is 4.79 Å². The molecule has 144 valence electrons. The van der Waals surface area contributed by atoms with Gasteiger partial charge < -0.3 is 19.4 Å². The number of likely N-dealkylation sites (tertiary alicyclic amines) is 1. The number of carbonyl (C=O) groups excluding carboxylic acids is 1. The number of benzene rings is 2. The number of aromatic nitrogens is 1. The monoisotopic (exact) mass is 377 g/mol. The van der Waals surface area contributed by atoms with Gasteiger partial charge >= 0.3 is 0 Å². The molecule has 0 aliphatic carbocycles. The molecule has 1 saturated heterocycles. The minimum atomic E-state index is -0.831. The molecule has 1 aromatic heterocycles. The van der Waals surface area contributed by atoms with Crippen molar-refractivity contribution in [2.45, 2.75) is 25.0 Å². The lowest BCUT2D eigenvalue weighted by atomic mass is 9.91. The van der Waals surface area contributed by atoms with Gasteiger partial charge in [-0.2, -0.15) is 0 Å². The highest BCUT2D eigenvalue weighted by molar-refractivity contribution is 5.98. The average Bonchev–Trinajstić information content (AvgIpc) is 3.27. The Morgan fingerprint density at radius 3 is 2.61 bits per heavy atom. The average molecular weight is 377 g/mol. The van der Waals surface area contributed by atoms with Gasteiger partial charge in [-0.05, 0) is 44.1 Å². The third-order valence-electron chi connectivity index (χ3n) is 6.06. The van der Waals surface area contributed by atoms with E-state index in [1.54, 1.807) is 11.0 Å². The first-order valence-electron chi connectivity index (χ1n) is 9.87. The second-order valence-corrected chi connectivity index (χ2v) is 7.64. The van der Waals surface area contributed by atoms with Gasteiger partial charge in [-0.1, -0.05) is 35.5 Å². The molecule has 0 bridgehead atoms. The highest BCUT2D eigenvalue weighted by atomic mass is 16.5. The molecule has 2 aliphatic heterocycles. The highest BCUT2D eigenvalue weighted by Crippen LogP contribution is 2.33. The fraction of sp³-hybridized carbons (Fsp3) is 0.364. The van der Waals surface area contributed by atoms with Crippen molar-refractivity contribution < 1.29 is 14.4 Å². The van der Waals surface area contributed by atoms with Crippen LogP contribution < -0.4 is 0 Å². The van der Waals surface area contributed by atoms with E-state index >= 15 is 0 Å². The van der Waals surface area contributed by atoms with Crippen LogP contribution in [-0.4, -0.2) is 52.1 Å². The van der Waals surface area contributed by atoms with Gasteiger partial charge in [0.2, 0.25) is 0 Å². The number of aliphatic hydroxyl groups is 1. The number of hydrogen-bond donors (Lipinski definition) is 1. The zero-order valence-corrected chi connectivity index (χ0v) is 15.6. The summed E-state index contributed by atoms with van der Waals surface area (Å²) in [6.07, 6.45) is 1.21. The largest absolute Gasteiger partial charge is 0.369 e. The standard InChI is InChI=1S/C22H23N3O3/c26-21-16-5-1-2-6-17(16)22(27)25(21)14-13-24-11-9-15(10-12-24)20-18-7-3-4-8-19(18)28-23-20/h1-8,15,21,26H,9-14H2. The van der Waals surface area contributed by atoms with Crippen molar-refractivity contribution in [1.82, 2.24) is 15.0 Å². The Morgan fingerprint density at radius 2 is 1.79 bits per heavy atom. The first kappa shape index (κ1) is 17.4. The van der Waals surface area contributed by atoms with Crippen molar-refractivity contribution in [2.24, 2.45) is 0 Å². The highest BCUT2D eigenvalue weighted by Gasteiger charge is 2.35. The Kier molecular flexibility index (Phi) is 4.37. The Labute approximate surface area is 163 Å². The Bertz CT molecular complexity index is 1010. The molecule has 1 amide bonds. The summed E-state index contributed by atoms with van der Waals surface area (Å²) in [6.45, 7) is 3.21. The van der Waals surface area contributed by atoms with E-state index in [9.17, 15) is 9.90 Å². The van der Waals surface area contributed by atoms with Crippen LogP contribution in [0.3, 0.4) is 0 Å². The summed E-state index contributed by atoms with van der Waals surface area (Å²) in [4.78, 5) is 16.5. The number of para-hydroxylation sites is 1. The predicted octanol–water partition coefficient (Wildman–Crippen LogP) is 3.15. The fourth-order valence-corrected chi connectivity index (χ4v) is 4.45. The van der Waals surface area contributed by atoms with Crippen LogP contribution in [0.15, 0.2) is 53.1 Å². The SMILES string of the molecule is O=C1c2ccccc2C(O)N1CCN1CCC(c2noc3ccccc23)CC1. The van der Waals surface area contributed by atoms with Gasteiger partial charge in [0.1, 0.15) is 0 Å². The third kappa shape index (κ3) is 2.89. The van der Waals surface area contributed by atoms with Gasteiger partial charge in [0.25, 0.3) is 5.91 Å². The number of hydrogen-bond acceptors (Lipinski definition) is 5. The van der Waals surface area contributed by atoms with E-state index in [-0.39, 0.29) is 5.91 Å². The number of nitrogens with zero attached hydrogens (tertiary/aromatic N) is 3. The third-order valence-corrected chi connectivity index (χ3v) is 6.06. The molecule has 5 rings (SSSR count). The maximum Gasteiger partial charge on any atom is 0.256 e. The lowest BCUT2D eigenvalue weighted by molar-refractivity contribution is 0.0126.